The van der Waals surface area contributed by atoms with Gasteiger partial charge >= 0.3 is 0 Å². The van der Waals surface area contributed by atoms with E-state index < -0.39 is 0 Å². The van der Waals surface area contributed by atoms with E-state index in [0.717, 1.165) is 37.0 Å². The smallest absolute Gasteiger partial charge is 0.189 e. The normalized spacial score (nSPS) is 10.9. The van der Waals surface area contributed by atoms with Crippen LogP contribution in [0, 0.1) is 0 Å². The Morgan fingerprint density at radius 2 is 1.50 bits per heavy atom. The maximum atomic E-state index is 13.0. The maximum absolute atomic E-state index is 13.0. The van der Waals surface area contributed by atoms with E-state index in [9.17, 15) is 4.79 Å². The summed E-state index contributed by atoms with van der Waals surface area (Å²) in [5.41, 5.74) is 2.62. The van der Waals surface area contributed by atoms with Crippen molar-refractivity contribution in [2.75, 3.05) is 19.8 Å². The number of carbonyl (C=O) groups is 1. The van der Waals surface area contributed by atoms with Crippen LogP contribution in [0.2, 0.25) is 0 Å². The van der Waals surface area contributed by atoms with Gasteiger partial charge in [0.15, 0.2) is 17.3 Å². The molecule has 2 aromatic rings. The first-order chi connectivity index (χ1) is 14.6. The molecule has 0 spiro atoms. The molecular formula is C26H34O4. The van der Waals surface area contributed by atoms with Crippen LogP contribution in [-0.4, -0.2) is 25.6 Å². The Hall–Kier alpha value is -2.75. The molecule has 2 rings (SSSR count). The predicted molar refractivity (Wildman–Crippen MR) is 123 cm³/mol. The van der Waals surface area contributed by atoms with Crippen molar-refractivity contribution in [1.29, 1.82) is 0 Å². The molecule has 2 aromatic carbocycles. The number of benzene rings is 2. The van der Waals surface area contributed by atoms with Crippen molar-refractivity contribution >= 4 is 11.9 Å². The average molecular weight is 411 g/mol. The number of carbonyl (C=O) groups excluding carboxylic acids is 1. The zero-order valence-electron chi connectivity index (χ0n) is 18.7. The lowest BCUT2D eigenvalue weighted by Crippen LogP contribution is -2.06. The van der Waals surface area contributed by atoms with Crippen LogP contribution in [0.25, 0.3) is 6.08 Å². The maximum Gasteiger partial charge on any atom is 0.189 e. The molecule has 0 aliphatic heterocycles. The summed E-state index contributed by atoms with van der Waals surface area (Å²) < 4.78 is 17.6. The van der Waals surface area contributed by atoms with Crippen LogP contribution in [-0.2, 0) is 6.42 Å². The highest BCUT2D eigenvalue weighted by Gasteiger charge is 2.16. The second-order valence-electron chi connectivity index (χ2n) is 7.10. The first-order valence-electron chi connectivity index (χ1n) is 11.0. The molecule has 30 heavy (non-hydrogen) atoms. The molecule has 162 valence electrons. The minimum atomic E-state index is -0.119. The Balaban J connectivity index is 2.33. The van der Waals surface area contributed by atoms with Crippen LogP contribution in [0.4, 0.5) is 0 Å². The molecule has 0 saturated carbocycles. The lowest BCUT2D eigenvalue weighted by molar-refractivity contribution is 0.104. The van der Waals surface area contributed by atoms with Gasteiger partial charge in [-0.25, -0.2) is 0 Å². The first kappa shape index (κ1) is 23.5. The Morgan fingerprint density at radius 1 is 0.833 bits per heavy atom. The Kier molecular flexibility index (Phi) is 9.99. The highest BCUT2D eigenvalue weighted by Crippen LogP contribution is 2.33. The first-order valence-corrected chi connectivity index (χ1v) is 11.0. The lowest BCUT2D eigenvalue weighted by Gasteiger charge is -2.15. The fourth-order valence-electron chi connectivity index (χ4n) is 2.94. The molecule has 0 N–H and O–H groups in total. The van der Waals surface area contributed by atoms with Gasteiger partial charge in [-0.2, -0.15) is 0 Å². The molecule has 0 heterocycles. The second-order valence-corrected chi connectivity index (χ2v) is 7.10. The number of ether oxygens (including phenoxy) is 3. The molecule has 0 atom stereocenters. The third-order valence-electron chi connectivity index (χ3n) is 4.51. The number of hydrogen-bond donors (Lipinski definition) is 0. The summed E-state index contributed by atoms with van der Waals surface area (Å²) in [6.07, 6.45) is 7.02. The van der Waals surface area contributed by atoms with Gasteiger partial charge in [0.05, 0.1) is 25.4 Å². The van der Waals surface area contributed by atoms with Gasteiger partial charge in [-0.1, -0.05) is 39.8 Å². The molecule has 0 aliphatic rings. The van der Waals surface area contributed by atoms with E-state index in [2.05, 4.69) is 26.0 Å². The zero-order chi connectivity index (χ0) is 21.8. The van der Waals surface area contributed by atoms with Crippen molar-refractivity contribution < 1.29 is 19.0 Å². The van der Waals surface area contributed by atoms with Crippen molar-refractivity contribution in [3.05, 3.63) is 59.2 Å². The van der Waals surface area contributed by atoms with Gasteiger partial charge in [0.1, 0.15) is 5.75 Å². The summed E-state index contributed by atoms with van der Waals surface area (Å²) in [6.45, 7) is 10.0. The fraction of sp³-hybridized carbons (Fsp3) is 0.423. The monoisotopic (exact) mass is 410 g/mol. The van der Waals surface area contributed by atoms with E-state index in [1.54, 1.807) is 12.1 Å². The summed E-state index contributed by atoms with van der Waals surface area (Å²) >= 11 is 0. The van der Waals surface area contributed by atoms with Crippen LogP contribution < -0.4 is 14.2 Å². The number of rotatable bonds is 13. The summed E-state index contributed by atoms with van der Waals surface area (Å²) in [5.74, 6) is 1.81. The molecule has 0 aliphatic carbocycles. The molecule has 0 fully saturated rings. The van der Waals surface area contributed by atoms with Gasteiger partial charge < -0.3 is 14.2 Å². The largest absolute Gasteiger partial charge is 0.493 e. The van der Waals surface area contributed by atoms with E-state index in [0.29, 0.717) is 36.9 Å². The number of ketones is 1. The van der Waals surface area contributed by atoms with E-state index >= 15 is 0 Å². The molecular weight excluding hydrogens is 376 g/mol. The van der Waals surface area contributed by atoms with Gasteiger partial charge in [0.25, 0.3) is 0 Å². The Labute approximate surface area is 180 Å². The summed E-state index contributed by atoms with van der Waals surface area (Å²) in [5, 5.41) is 0. The van der Waals surface area contributed by atoms with E-state index in [1.165, 1.54) is 5.56 Å². The third kappa shape index (κ3) is 6.65. The van der Waals surface area contributed by atoms with Crippen molar-refractivity contribution in [1.82, 2.24) is 0 Å². The standard InChI is InChI=1S/C26H34O4/c1-5-16-28-24-15-12-20(8-4)19-21(24)13-14-23(27)22-10-9-11-25(29-17-6-2)26(22)30-18-7-3/h9-15,19H,5-8,16-18H2,1-4H3. The van der Waals surface area contributed by atoms with Crippen LogP contribution in [0.5, 0.6) is 17.2 Å². The quantitative estimate of drug-likeness (QED) is 0.279. The Bertz CT molecular complexity index is 839. The second kappa shape index (κ2) is 12.7. The summed E-state index contributed by atoms with van der Waals surface area (Å²) in [7, 11) is 0. The number of aryl methyl sites for hydroxylation is 1. The van der Waals surface area contributed by atoms with Gasteiger partial charge in [0.2, 0.25) is 0 Å². The van der Waals surface area contributed by atoms with Gasteiger partial charge in [-0.05, 0) is 67.7 Å². The molecule has 0 aromatic heterocycles. The Morgan fingerprint density at radius 3 is 2.17 bits per heavy atom. The average Bonchev–Trinajstić information content (AvgIpc) is 2.78. The topological polar surface area (TPSA) is 44.8 Å². The number of hydrogen-bond acceptors (Lipinski definition) is 4. The lowest BCUT2D eigenvalue weighted by atomic mass is 10.0. The van der Waals surface area contributed by atoms with E-state index in [-0.39, 0.29) is 5.78 Å². The van der Waals surface area contributed by atoms with Gasteiger partial charge in [-0.3, -0.25) is 4.79 Å². The SMILES string of the molecule is CCCOc1ccc(CC)cc1C=CC(=O)c1cccc(OCCC)c1OCCC. The van der Waals surface area contributed by atoms with E-state index in [4.69, 9.17) is 14.2 Å². The van der Waals surface area contributed by atoms with Crippen LogP contribution in [0.3, 0.4) is 0 Å². The van der Waals surface area contributed by atoms with Crippen molar-refractivity contribution in [2.45, 2.75) is 53.4 Å². The van der Waals surface area contributed by atoms with Crippen LogP contribution >= 0.6 is 0 Å². The highest BCUT2D eigenvalue weighted by atomic mass is 16.5. The summed E-state index contributed by atoms with van der Waals surface area (Å²) in [4.78, 5) is 13.0. The number of allylic oxidation sites excluding steroid dienone is 1. The minimum absolute atomic E-state index is 0.119. The van der Waals surface area contributed by atoms with E-state index in [1.807, 2.05) is 38.1 Å². The molecule has 4 nitrogen and oxygen atoms in total. The fourth-order valence-corrected chi connectivity index (χ4v) is 2.94. The van der Waals surface area contributed by atoms with Crippen molar-refractivity contribution in [2.24, 2.45) is 0 Å². The summed E-state index contributed by atoms with van der Waals surface area (Å²) in [6, 6.07) is 11.6. The van der Waals surface area contributed by atoms with Crippen LogP contribution in [0.1, 0.15) is 68.4 Å². The molecule has 0 bridgehead atoms. The van der Waals surface area contributed by atoms with Crippen molar-refractivity contribution in [3.8, 4) is 17.2 Å². The zero-order valence-corrected chi connectivity index (χ0v) is 18.7. The van der Waals surface area contributed by atoms with Crippen LogP contribution in [0.15, 0.2) is 42.5 Å². The van der Waals surface area contributed by atoms with Gasteiger partial charge in [-0.15, -0.1) is 0 Å². The predicted octanol–water partition coefficient (Wildman–Crippen LogP) is 6.51. The molecule has 0 unspecified atom stereocenters. The number of para-hydroxylation sites is 1. The van der Waals surface area contributed by atoms with Gasteiger partial charge in [0, 0.05) is 5.56 Å². The molecule has 0 saturated heterocycles. The third-order valence-corrected chi connectivity index (χ3v) is 4.51. The minimum Gasteiger partial charge on any atom is -0.493 e. The molecule has 4 heteroatoms. The molecule has 0 amide bonds. The highest BCUT2D eigenvalue weighted by molar-refractivity contribution is 6.09. The van der Waals surface area contributed by atoms with Crippen molar-refractivity contribution in [3.63, 3.8) is 0 Å². The molecule has 0 radical (unpaired) electrons.